The SMILES string of the molecule is C#CCCCCNc1nccs1. The molecule has 0 bridgehead atoms. The summed E-state index contributed by atoms with van der Waals surface area (Å²) < 4.78 is 0. The predicted octanol–water partition coefficient (Wildman–Crippen LogP) is 2.36. The molecule has 0 amide bonds. The Labute approximate surface area is 77.0 Å². The fraction of sp³-hybridized carbons (Fsp3) is 0.444. The highest BCUT2D eigenvalue weighted by Crippen LogP contribution is 2.10. The third kappa shape index (κ3) is 3.40. The van der Waals surface area contributed by atoms with Crippen molar-refractivity contribution in [1.82, 2.24) is 4.98 Å². The van der Waals surface area contributed by atoms with Crippen molar-refractivity contribution in [2.75, 3.05) is 11.9 Å². The lowest BCUT2D eigenvalue weighted by Crippen LogP contribution is -2.00. The number of nitrogens with zero attached hydrogens (tertiary/aromatic N) is 1. The lowest BCUT2D eigenvalue weighted by atomic mass is 10.2. The normalized spacial score (nSPS) is 9.25. The van der Waals surface area contributed by atoms with Gasteiger partial charge in [-0.2, -0.15) is 0 Å². The molecule has 0 aromatic carbocycles. The molecule has 64 valence electrons. The van der Waals surface area contributed by atoms with E-state index >= 15 is 0 Å². The quantitative estimate of drug-likeness (QED) is 0.556. The van der Waals surface area contributed by atoms with E-state index in [1.807, 2.05) is 5.38 Å². The Bertz CT molecular complexity index is 236. The van der Waals surface area contributed by atoms with E-state index in [1.165, 1.54) is 0 Å². The number of hydrogen-bond acceptors (Lipinski definition) is 3. The van der Waals surface area contributed by atoms with Gasteiger partial charge >= 0.3 is 0 Å². The third-order valence-corrected chi connectivity index (χ3v) is 2.19. The van der Waals surface area contributed by atoms with Crippen molar-refractivity contribution in [3.63, 3.8) is 0 Å². The van der Waals surface area contributed by atoms with E-state index in [1.54, 1.807) is 17.5 Å². The van der Waals surface area contributed by atoms with Gasteiger partial charge in [0.2, 0.25) is 0 Å². The number of aromatic nitrogens is 1. The van der Waals surface area contributed by atoms with E-state index in [-0.39, 0.29) is 0 Å². The van der Waals surface area contributed by atoms with Crippen LogP contribution in [0.1, 0.15) is 19.3 Å². The lowest BCUT2D eigenvalue weighted by molar-refractivity contribution is 0.789. The molecule has 0 aliphatic heterocycles. The zero-order valence-electron chi connectivity index (χ0n) is 6.92. The Hall–Kier alpha value is -1.01. The number of terminal acetylenes is 1. The predicted molar refractivity (Wildman–Crippen MR) is 53.3 cm³/mol. The highest BCUT2D eigenvalue weighted by Gasteiger charge is 1.91. The Balaban J connectivity index is 2.01. The van der Waals surface area contributed by atoms with Crippen LogP contribution in [0.3, 0.4) is 0 Å². The topological polar surface area (TPSA) is 24.9 Å². The van der Waals surface area contributed by atoms with Crippen LogP contribution in [0.25, 0.3) is 0 Å². The zero-order chi connectivity index (χ0) is 8.65. The molecule has 12 heavy (non-hydrogen) atoms. The van der Waals surface area contributed by atoms with E-state index in [0.29, 0.717) is 0 Å². The minimum absolute atomic E-state index is 0.875. The van der Waals surface area contributed by atoms with Crippen molar-refractivity contribution in [1.29, 1.82) is 0 Å². The molecule has 0 fully saturated rings. The van der Waals surface area contributed by atoms with Gasteiger partial charge in [-0.15, -0.1) is 23.7 Å². The highest BCUT2D eigenvalue weighted by molar-refractivity contribution is 7.13. The number of rotatable bonds is 5. The van der Waals surface area contributed by atoms with Gasteiger partial charge in [0.15, 0.2) is 5.13 Å². The van der Waals surface area contributed by atoms with Gasteiger partial charge in [-0.25, -0.2) is 4.98 Å². The Morgan fingerprint density at radius 3 is 3.17 bits per heavy atom. The van der Waals surface area contributed by atoms with Crippen LogP contribution in [0.2, 0.25) is 0 Å². The van der Waals surface area contributed by atoms with E-state index in [9.17, 15) is 0 Å². The molecule has 0 saturated carbocycles. The molecule has 0 aliphatic carbocycles. The van der Waals surface area contributed by atoms with Gasteiger partial charge in [0, 0.05) is 24.5 Å². The van der Waals surface area contributed by atoms with Gasteiger partial charge in [-0.3, -0.25) is 0 Å². The fourth-order valence-electron chi connectivity index (χ4n) is 0.858. The zero-order valence-corrected chi connectivity index (χ0v) is 7.73. The molecule has 0 radical (unpaired) electrons. The fourth-order valence-corrected chi connectivity index (χ4v) is 1.42. The van der Waals surface area contributed by atoms with Crippen LogP contribution in [0.5, 0.6) is 0 Å². The van der Waals surface area contributed by atoms with E-state index < -0.39 is 0 Å². The summed E-state index contributed by atoms with van der Waals surface area (Å²) in [5.74, 6) is 2.62. The second-order valence-electron chi connectivity index (χ2n) is 2.43. The van der Waals surface area contributed by atoms with Crippen molar-refractivity contribution < 1.29 is 0 Å². The average molecular weight is 180 g/mol. The molecule has 1 N–H and O–H groups in total. The summed E-state index contributed by atoms with van der Waals surface area (Å²) in [7, 11) is 0. The minimum atomic E-state index is 0.875. The molecule has 0 spiro atoms. The number of thiazole rings is 1. The van der Waals surface area contributed by atoms with Gasteiger partial charge in [-0.1, -0.05) is 0 Å². The molecule has 1 aromatic heterocycles. The van der Waals surface area contributed by atoms with Crippen molar-refractivity contribution in [2.45, 2.75) is 19.3 Å². The molecule has 3 heteroatoms. The summed E-state index contributed by atoms with van der Waals surface area (Å²) in [5.41, 5.74) is 0. The summed E-state index contributed by atoms with van der Waals surface area (Å²) in [5, 5.41) is 6.18. The van der Waals surface area contributed by atoms with Crippen molar-refractivity contribution in [3.8, 4) is 12.3 Å². The van der Waals surface area contributed by atoms with E-state index in [2.05, 4.69) is 16.2 Å². The highest BCUT2D eigenvalue weighted by atomic mass is 32.1. The first-order chi connectivity index (χ1) is 5.93. The smallest absolute Gasteiger partial charge is 0.182 e. The van der Waals surface area contributed by atoms with E-state index in [0.717, 1.165) is 30.9 Å². The number of nitrogens with one attached hydrogen (secondary N) is 1. The number of hydrogen-bond donors (Lipinski definition) is 1. The van der Waals surface area contributed by atoms with E-state index in [4.69, 9.17) is 6.42 Å². The standard InChI is InChI=1S/C9H12N2S/c1-2-3-4-5-6-10-9-11-7-8-12-9/h1,7-8H,3-6H2,(H,10,11). The number of anilines is 1. The van der Waals surface area contributed by atoms with Crippen molar-refractivity contribution in [3.05, 3.63) is 11.6 Å². The van der Waals surface area contributed by atoms with Gasteiger partial charge in [0.05, 0.1) is 0 Å². The third-order valence-electron chi connectivity index (χ3n) is 1.46. The van der Waals surface area contributed by atoms with Crippen molar-refractivity contribution in [2.24, 2.45) is 0 Å². The first-order valence-corrected chi connectivity index (χ1v) is 4.88. The molecule has 0 unspecified atom stereocenters. The van der Waals surface area contributed by atoms with Crippen molar-refractivity contribution >= 4 is 16.5 Å². The molecule has 1 heterocycles. The maximum atomic E-state index is 5.12. The Kier molecular flexibility index (Phi) is 4.25. The molecular weight excluding hydrogens is 168 g/mol. The molecule has 1 aromatic rings. The summed E-state index contributed by atoms with van der Waals surface area (Å²) in [4.78, 5) is 4.10. The van der Waals surface area contributed by atoms with Crippen LogP contribution in [0, 0.1) is 12.3 Å². The summed E-state index contributed by atoms with van der Waals surface area (Å²) >= 11 is 1.62. The maximum Gasteiger partial charge on any atom is 0.182 e. The van der Waals surface area contributed by atoms with Crippen LogP contribution in [0.15, 0.2) is 11.6 Å². The lowest BCUT2D eigenvalue weighted by Gasteiger charge is -1.99. The molecule has 1 rings (SSSR count). The second kappa shape index (κ2) is 5.62. The average Bonchev–Trinajstić information content (AvgIpc) is 2.57. The molecule has 0 aliphatic rings. The van der Waals surface area contributed by atoms with Gasteiger partial charge in [0.25, 0.3) is 0 Å². The summed E-state index contributed by atoms with van der Waals surface area (Å²) in [6.07, 6.45) is 10.0. The van der Waals surface area contributed by atoms with Crippen LogP contribution in [-0.4, -0.2) is 11.5 Å². The first-order valence-electron chi connectivity index (χ1n) is 4.00. The van der Waals surface area contributed by atoms with Crippen LogP contribution in [0.4, 0.5) is 5.13 Å². The Morgan fingerprint density at radius 1 is 1.58 bits per heavy atom. The number of unbranched alkanes of at least 4 members (excludes halogenated alkanes) is 2. The van der Waals surface area contributed by atoms with Crippen LogP contribution >= 0.6 is 11.3 Å². The molecule has 0 atom stereocenters. The minimum Gasteiger partial charge on any atom is -0.362 e. The second-order valence-corrected chi connectivity index (χ2v) is 3.32. The molecule has 2 nitrogen and oxygen atoms in total. The largest absolute Gasteiger partial charge is 0.362 e. The van der Waals surface area contributed by atoms with Gasteiger partial charge in [0.1, 0.15) is 0 Å². The summed E-state index contributed by atoms with van der Waals surface area (Å²) in [6.45, 7) is 0.967. The van der Waals surface area contributed by atoms with Crippen LogP contribution < -0.4 is 5.32 Å². The monoisotopic (exact) mass is 180 g/mol. The van der Waals surface area contributed by atoms with Crippen LogP contribution in [-0.2, 0) is 0 Å². The van der Waals surface area contributed by atoms with Gasteiger partial charge in [-0.05, 0) is 12.8 Å². The first kappa shape index (κ1) is 9.08. The Morgan fingerprint density at radius 2 is 2.50 bits per heavy atom. The molecule has 0 saturated heterocycles. The maximum absolute atomic E-state index is 5.12. The summed E-state index contributed by atoms with van der Waals surface area (Å²) in [6, 6.07) is 0. The molecular formula is C9H12N2S. The van der Waals surface area contributed by atoms with Gasteiger partial charge < -0.3 is 5.32 Å².